The number of rotatable bonds is 8. The number of piperidine rings is 1. The molecule has 1 heterocycles. The quantitative estimate of drug-likeness (QED) is 0.713. The zero-order valence-corrected chi connectivity index (χ0v) is 12.5. The molecule has 0 aromatic rings. The summed E-state index contributed by atoms with van der Waals surface area (Å²) in [5.74, 6) is 0.269. The van der Waals surface area contributed by atoms with Gasteiger partial charge in [0.05, 0.1) is 18.6 Å². The van der Waals surface area contributed by atoms with Crippen molar-refractivity contribution in [2.45, 2.75) is 26.2 Å². The van der Waals surface area contributed by atoms with Crippen molar-refractivity contribution in [2.75, 3.05) is 53.6 Å². The first-order chi connectivity index (χ1) is 9.20. The minimum absolute atomic E-state index is 0.188. The smallest absolute Gasteiger partial charge is 0.229 e. The van der Waals surface area contributed by atoms with E-state index < -0.39 is 0 Å². The van der Waals surface area contributed by atoms with Gasteiger partial charge in [-0.05, 0) is 32.4 Å². The number of amides is 1. The van der Waals surface area contributed by atoms with E-state index in [9.17, 15) is 4.79 Å². The molecule has 0 saturated carbocycles. The van der Waals surface area contributed by atoms with Gasteiger partial charge in [0.15, 0.2) is 0 Å². The molecule has 0 aromatic carbocycles. The Labute approximate surface area is 116 Å². The van der Waals surface area contributed by atoms with Crippen LogP contribution in [0.5, 0.6) is 0 Å². The third kappa shape index (κ3) is 4.44. The van der Waals surface area contributed by atoms with Gasteiger partial charge in [-0.2, -0.15) is 0 Å². The predicted molar refractivity (Wildman–Crippen MR) is 75.2 cm³/mol. The first kappa shape index (κ1) is 16.4. The van der Waals surface area contributed by atoms with Crippen molar-refractivity contribution >= 4 is 5.91 Å². The van der Waals surface area contributed by atoms with Crippen molar-refractivity contribution in [3.63, 3.8) is 0 Å². The van der Waals surface area contributed by atoms with E-state index in [1.54, 1.807) is 14.2 Å². The van der Waals surface area contributed by atoms with Gasteiger partial charge in [-0.25, -0.2) is 0 Å². The highest BCUT2D eigenvalue weighted by Crippen LogP contribution is 2.34. The van der Waals surface area contributed by atoms with E-state index in [4.69, 9.17) is 9.47 Å². The second-order valence-corrected chi connectivity index (χ2v) is 5.16. The minimum Gasteiger partial charge on any atom is -0.383 e. The highest BCUT2D eigenvalue weighted by atomic mass is 16.5. The Hall–Kier alpha value is -0.650. The molecule has 1 rings (SSSR count). The average molecular weight is 272 g/mol. The molecular weight excluding hydrogens is 244 g/mol. The van der Waals surface area contributed by atoms with Crippen molar-refractivity contribution in [1.82, 2.24) is 10.2 Å². The SMILES string of the molecule is CCC1(C(=O)N(CCOC)CCOC)CCNCC1. The Kier molecular flexibility index (Phi) is 7.34. The van der Waals surface area contributed by atoms with Crippen LogP contribution in [0, 0.1) is 5.41 Å². The van der Waals surface area contributed by atoms with Crippen molar-refractivity contribution in [2.24, 2.45) is 5.41 Å². The summed E-state index contributed by atoms with van der Waals surface area (Å²) in [6.45, 7) is 6.43. The van der Waals surface area contributed by atoms with Crippen LogP contribution in [0.4, 0.5) is 0 Å². The molecule has 1 fully saturated rings. The first-order valence-electron chi connectivity index (χ1n) is 7.18. The lowest BCUT2D eigenvalue weighted by Gasteiger charge is -2.39. The Morgan fingerprint density at radius 2 is 1.68 bits per heavy atom. The van der Waals surface area contributed by atoms with Crippen LogP contribution in [0.15, 0.2) is 0 Å². The number of nitrogens with one attached hydrogen (secondary N) is 1. The van der Waals surface area contributed by atoms with Crippen LogP contribution in [-0.2, 0) is 14.3 Å². The number of ether oxygens (including phenoxy) is 2. The van der Waals surface area contributed by atoms with Crippen LogP contribution in [0.3, 0.4) is 0 Å². The largest absolute Gasteiger partial charge is 0.383 e. The van der Waals surface area contributed by atoms with Gasteiger partial charge < -0.3 is 19.7 Å². The van der Waals surface area contributed by atoms with E-state index in [2.05, 4.69) is 12.2 Å². The van der Waals surface area contributed by atoms with Gasteiger partial charge in [0.2, 0.25) is 5.91 Å². The highest BCUT2D eigenvalue weighted by molar-refractivity contribution is 5.83. The monoisotopic (exact) mass is 272 g/mol. The van der Waals surface area contributed by atoms with Crippen LogP contribution in [0.1, 0.15) is 26.2 Å². The first-order valence-corrected chi connectivity index (χ1v) is 7.18. The molecule has 1 saturated heterocycles. The van der Waals surface area contributed by atoms with E-state index in [0.717, 1.165) is 32.4 Å². The molecular formula is C14H28N2O3. The number of hydrogen-bond acceptors (Lipinski definition) is 4. The molecule has 5 nitrogen and oxygen atoms in total. The van der Waals surface area contributed by atoms with E-state index in [1.165, 1.54) is 0 Å². The fraction of sp³-hybridized carbons (Fsp3) is 0.929. The third-order valence-corrected chi connectivity index (χ3v) is 4.11. The minimum atomic E-state index is -0.188. The van der Waals surface area contributed by atoms with Crippen molar-refractivity contribution in [1.29, 1.82) is 0 Å². The Bertz CT molecular complexity index is 257. The van der Waals surface area contributed by atoms with Gasteiger partial charge in [0, 0.05) is 27.3 Å². The summed E-state index contributed by atoms with van der Waals surface area (Å²) in [7, 11) is 3.33. The molecule has 19 heavy (non-hydrogen) atoms. The molecule has 0 spiro atoms. The molecule has 1 aliphatic heterocycles. The molecule has 112 valence electrons. The van der Waals surface area contributed by atoms with Crippen molar-refractivity contribution in [3.8, 4) is 0 Å². The summed E-state index contributed by atoms with van der Waals surface area (Å²) in [5.41, 5.74) is -0.188. The average Bonchev–Trinajstić information content (AvgIpc) is 2.47. The maximum absolute atomic E-state index is 12.9. The standard InChI is InChI=1S/C14H28N2O3/c1-4-14(5-7-15-8-6-14)13(17)16(9-11-18-2)10-12-19-3/h15H,4-12H2,1-3H3. The van der Waals surface area contributed by atoms with E-state index in [1.807, 2.05) is 4.90 Å². The summed E-state index contributed by atoms with van der Waals surface area (Å²) < 4.78 is 10.2. The van der Waals surface area contributed by atoms with E-state index >= 15 is 0 Å². The molecule has 1 N–H and O–H groups in total. The fourth-order valence-corrected chi connectivity index (χ4v) is 2.68. The van der Waals surface area contributed by atoms with Crippen LogP contribution < -0.4 is 5.32 Å². The van der Waals surface area contributed by atoms with Gasteiger partial charge in [0.1, 0.15) is 0 Å². The summed E-state index contributed by atoms with van der Waals surface area (Å²) in [6.07, 6.45) is 2.77. The molecule has 0 unspecified atom stereocenters. The lowest BCUT2D eigenvalue weighted by molar-refractivity contribution is -0.145. The van der Waals surface area contributed by atoms with Gasteiger partial charge in [-0.15, -0.1) is 0 Å². The topological polar surface area (TPSA) is 50.8 Å². The molecule has 1 aliphatic rings. The van der Waals surface area contributed by atoms with Crippen LogP contribution >= 0.6 is 0 Å². The van der Waals surface area contributed by atoms with E-state index in [0.29, 0.717) is 26.3 Å². The molecule has 0 radical (unpaired) electrons. The maximum atomic E-state index is 12.9. The molecule has 1 amide bonds. The third-order valence-electron chi connectivity index (χ3n) is 4.11. The summed E-state index contributed by atoms with van der Waals surface area (Å²) >= 11 is 0. The molecule has 0 aliphatic carbocycles. The van der Waals surface area contributed by atoms with Crippen LogP contribution in [0.25, 0.3) is 0 Å². The summed E-state index contributed by atoms with van der Waals surface area (Å²) in [5, 5.41) is 3.33. The summed E-state index contributed by atoms with van der Waals surface area (Å²) in [6, 6.07) is 0. The number of carbonyl (C=O) groups is 1. The normalized spacial score (nSPS) is 18.3. The lowest BCUT2D eigenvalue weighted by Crippen LogP contribution is -2.50. The zero-order valence-electron chi connectivity index (χ0n) is 12.5. The van der Waals surface area contributed by atoms with Crippen molar-refractivity contribution in [3.05, 3.63) is 0 Å². The molecule has 5 heteroatoms. The number of carbonyl (C=O) groups excluding carboxylic acids is 1. The Morgan fingerprint density at radius 1 is 1.16 bits per heavy atom. The number of hydrogen-bond donors (Lipinski definition) is 1. The Balaban J connectivity index is 2.70. The van der Waals surface area contributed by atoms with Crippen LogP contribution in [-0.4, -0.2) is 64.4 Å². The second kappa shape index (κ2) is 8.51. The van der Waals surface area contributed by atoms with Gasteiger partial charge in [-0.1, -0.05) is 6.92 Å². The molecule has 0 aromatic heterocycles. The number of nitrogens with zero attached hydrogens (tertiary/aromatic N) is 1. The fourth-order valence-electron chi connectivity index (χ4n) is 2.68. The van der Waals surface area contributed by atoms with Gasteiger partial charge >= 0.3 is 0 Å². The molecule has 0 atom stereocenters. The van der Waals surface area contributed by atoms with Gasteiger partial charge in [-0.3, -0.25) is 4.79 Å². The second-order valence-electron chi connectivity index (χ2n) is 5.16. The summed E-state index contributed by atoms with van der Waals surface area (Å²) in [4.78, 5) is 14.8. The highest BCUT2D eigenvalue weighted by Gasteiger charge is 2.40. The molecule has 0 bridgehead atoms. The van der Waals surface area contributed by atoms with Crippen LogP contribution in [0.2, 0.25) is 0 Å². The van der Waals surface area contributed by atoms with Crippen molar-refractivity contribution < 1.29 is 14.3 Å². The van der Waals surface area contributed by atoms with Gasteiger partial charge in [0.25, 0.3) is 0 Å². The zero-order chi connectivity index (χ0) is 14.1. The van der Waals surface area contributed by atoms with E-state index in [-0.39, 0.29) is 11.3 Å². The maximum Gasteiger partial charge on any atom is 0.229 e. The predicted octanol–water partition coefficient (Wildman–Crippen LogP) is 0.888. The Morgan fingerprint density at radius 3 is 2.11 bits per heavy atom. The number of methoxy groups -OCH3 is 2. The lowest BCUT2D eigenvalue weighted by atomic mass is 9.75.